The van der Waals surface area contributed by atoms with Gasteiger partial charge in [0.05, 0.1) is 18.0 Å². The van der Waals surface area contributed by atoms with Crippen LogP contribution in [-0.4, -0.2) is 32.3 Å². The minimum absolute atomic E-state index is 0.153. The van der Waals surface area contributed by atoms with Crippen molar-refractivity contribution in [2.75, 3.05) is 12.4 Å². The van der Waals surface area contributed by atoms with E-state index in [1.54, 1.807) is 11.8 Å². The van der Waals surface area contributed by atoms with Gasteiger partial charge in [-0.3, -0.25) is 0 Å². The largest absolute Gasteiger partial charge is 0.493 e. The maximum atomic E-state index is 6.28. The Labute approximate surface area is 214 Å². The van der Waals surface area contributed by atoms with E-state index in [0.29, 0.717) is 33.9 Å². The van der Waals surface area contributed by atoms with Crippen molar-refractivity contribution in [3.63, 3.8) is 0 Å². The highest BCUT2D eigenvalue weighted by molar-refractivity contribution is 7.98. The van der Waals surface area contributed by atoms with E-state index in [0.717, 1.165) is 27.8 Å². The zero-order valence-corrected chi connectivity index (χ0v) is 22.8. The molecule has 0 fully saturated rings. The molecule has 7 heteroatoms. The lowest BCUT2D eigenvalue weighted by Crippen LogP contribution is -2.27. The van der Waals surface area contributed by atoms with Crippen LogP contribution in [0.5, 0.6) is 5.75 Å². The van der Waals surface area contributed by atoms with Gasteiger partial charge in [0.1, 0.15) is 5.75 Å². The topological polar surface area (TPSA) is 57.4 Å². The summed E-state index contributed by atoms with van der Waals surface area (Å²) in [7, 11) is 0.433. The van der Waals surface area contributed by atoms with E-state index in [9.17, 15) is 0 Å². The zero-order chi connectivity index (χ0) is 24.9. The summed E-state index contributed by atoms with van der Waals surface area (Å²) in [6, 6.07) is 22.6. The molecule has 1 heterocycles. The number of benzene rings is 3. The number of nitrogens with zero attached hydrogens (tertiary/aromatic N) is 2. The highest BCUT2D eigenvalue weighted by Crippen LogP contribution is 2.32. The van der Waals surface area contributed by atoms with Gasteiger partial charge in [0, 0.05) is 11.3 Å². The SMILES string of the molecule is CC(C)(C)[Si]OC(C)(C)c1ccc2cc(-c3nnc(CSCCOc4ccccc4)o3)ccc2c1. The summed E-state index contributed by atoms with van der Waals surface area (Å²) in [6.07, 6.45) is 0. The van der Waals surface area contributed by atoms with Gasteiger partial charge in [-0.15, -0.1) is 22.0 Å². The summed E-state index contributed by atoms with van der Waals surface area (Å²) in [4.78, 5) is 0. The van der Waals surface area contributed by atoms with Crippen molar-refractivity contribution >= 4 is 32.3 Å². The molecular formula is C28H32N2O3SSi. The van der Waals surface area contributed by atoms with Crippen molar-refractivity contribution in [2.45, 2.75) is 51.0 Å². The van der Waals surface area contributed by atoms with Crippen LogP contribution in [0, 0.1) is 0 Å². The number of rotatable bonds is 10. The monoisotopic (exact) mass is 504 g/mol. The maximum absolute atomic E-state index is 6.28. The molecule has 0 amide bonds. The Hall–Kier alpha value is -2.61. The summed E-state index contributed by atoms with van der Waals surface area (Å²) in [6.45, 7) is 11.5. The third-order valence-electron chi connectivity index (χ3n) is 5.33. The van der Waals surface area contributed by atoms with Gasteiger partial charge in [0.15, 0.2) is 0 Å². The van der Waals surface area contributed by atoms with Gasteiger partial charge in [0.2, 0.25) is 21.5 Å². The summed E-state index contributed by atoms with van der Waals surface area (Å²) < 4.78 is 17.9. The zero-order valence-electron chi connectivity index (χ0n) is 21.0. The molecule has 0 spiro atoms. The lowest BCUT2D eigenvalue weighted by atomic mass is 9.95. The molecule has 3 aromatic carbocycles. The summed E-state index contributed by atoms with van der Waals surface area (Å²) in [5, 5.41) is 10.9. The van der Waals surface area contributed by atoms with Gasteiger partial charge >= 0.3 is 0 Å². The van der Waals surface area contributed by atoms with Crippen molar-refractivity contribution in [2.24, 2.45) is 0 Å². The number of ether oxygens (including phenoxy) is 1. The Bertz CT molecular complexity index is 1250. The van der Waals surface area contributed by atoms with Gasteiger partial charge in [0.25, 0.3) is 0 Å². The molecule has 182 valence electrons. The Kier molecular flexibility index (Phi) is 7.99. The van der Waals surface area contributed by atoms with E-state index in [1.807, 2.05) is 36.4 Å². The average molecular weight is 505 g/mol. The van der Waals surface area contributed by atoms with Crippen LogP contribution in [0.2, 0.25) is 5.04 Å². The first kappa shape index (κ1) is 25.5. The predicted octanol–water partition coefficient (Wildman–Crippen LogP) is 7.29. The highest BCUT2D eigenvalue weighted by atomic mass is 32.2. The molecule has 0 aliphatic heterocycles. The van der Waals surface area contributed by atoms with E-state index in [4.69, 9.17) is 13.6 Å². The molecular weight excluding hydrogens is 472 g/mol. The minimum Gasteiger partial charge on any atom is -0.493 e. The molecule has 0 atom stereocenters. The molecule has 4 aromatic rings. The summed E-state index contributed by atoms with van der Waals surface area (Å²) in [5.74, 6) is 3.56. The Balaban J connectivity index is 1.35. The molecule has 0 N–H and O–H groups in total. The first-order valence-corrected chi connectivity index (χ1v) is 13.8. The molecule has 2 radical (unpaired) electrons. The van der Waals surface area contributed by atoms with Gasteiger partial charge in [-0.1, -0.05) is 57.2 Å². The quantitative estimate of drug-likeness (QED) is 0.167. The van der Waals surface area contributed by atoms with Crippen molar-refractivity contribution in [1.29, 1.82) is 0 Å². The van der Waals surface area contributed by atoms with Crippen molar-refractivity contribution < 1.29 is 13.6 Å². The molecule has 1 aromatic heterocycles. The van der Waals surface area contributed by atoms with Gasteiger partial charge in [-0.2, -0.15) is 0 Å². The van der Waals surface area contributed by atoms with Crippen LogP contribution >= 0.6 is 11.8 Å². The van der Waals surface area contributed by atoms with E-state index in [-0.39, 0.29) is 10.6 Å². The lowest BCUT2D eigenvalue weighted by molar-refractivity contribution is 0.109. The van der Waals surface area contributed by atoms with Crippen molar-refractivity contribution in [3.8, 4) is 17.2 Å². The van der Waals surface area contributed by atoms with Gasteiger partial charge in [-0.05, 0) is 65.6 Å². The number of hydrogen-bond acceptors (Lipinski definition) is 6. The van der Waals surface area contributed by atoms with Crippen LogP contribution in [-0.2, 0) is 15.8 Å². The summed E-state index contributed by atoms with van der Waals surface area (Å²) >= 11 is 1.71. The first-order valence-electron chi connectivity index (χ1n) is 11.8. The molecule has 35 heavy (non-hydrogen) atoms. The first-order chi connectivity index (χ1) is 16.7. The Morgan fingerprint density at radius 2 is 1.63 bits per heavy atom. The molecule has 0 aliphatic carbocycles. The molecule has 0 saturated carbocycles. The molecule has 0 aliphatic rings. The van der Waals surface area contributed by atoms with E-state index in [2.05, 4.69) is 75.1 Å². The van der Waals surface area contributed by atoms with Crippen molar-refractivity contribution in [1.82, 2.24) is 10.2 Å². The number of fused-ring (bicyclic) bond motifs is 1. The third kappa shape index (κ3) is 7.19. The smallest absolute Gasteiger partial charge is 0.247 e. The fourth-order valence-corrected chi connectivity index (χ4v) is 4.73. The van der Waals surface area contributed by atoms with Crippen molar-refractivity contribution in [3.05, 3.63) is 78.2 Å². The lowest BCUT2D eigenvalue weighted by Gasteiger charge is -2.30. The van der Waals surface area contributed by atoms with Gasteiger partial charge < -0.3 is 13.6 Å². The predicted molar refractivity (Wildman–Crippen MR) is 145 cm³/mol. The maximum Gasteiger partial charge on any atom is 0.247 e. The number of hydrogen-bond donors (Lipinski definition) is 0. The van der Waals surface area contributed by atoms with Gasteiger partial charge in [-0.25, -0.2) is 0 Å². The van der Waals surface area contributed by atoms with Crippen LogP contribution in [0.4, 0.5) is 0 Å². The standard InChI is InChI=1S/C28H32N2O3SSi/c1-27(2,3)35-33-28(4,5)23-14-13-20-17-22(12-11-21(20)18-23)26-30-29-25(32-26)19-34-16-15-31-24-9-7-6-8-10-24/h6-14,17-18H,15-16,19H2,1-5H3. The number of thioether (sulfide) groups is 1. The average Bonchev–Trinajstić information content (AvgIpc) is 3.31. The number of para-hydroxylation sites is 1. The highest BCUT2D eigenvalue weighted by Gasteiger charge is 2.25. The Morgan fingerprint density at radius 3 is 2.40 bits per heavy atom. The molecule has 5 nitrogen and oxygen atoms in total. The molecule has 0 bridgehead atoms. The summed E-state index contributed by atoms with van der Waals surface area (Å²) in [5.41, 5.74) is 1.75. The fourth-order valence-electron chi connectivity index (χ4n) is 3.42. The second-order valence-corrected chi connectivity index (χ2v) is 13.0. The second kappa shape index (κ2) is 11.0. The van der Waals surface area contributed by atoms with Crippen LogP contribution < -0.4 is 4.74 Å². The minimum atomic E-state index is -0.343. The Morgan fingerprint density at radius 1 is 0.886 bits per heavy atom. The molecule has 0 saturated heterocycles. The fraction of sp³-hybridized carbons (Fsp3) is 0.357. The third-order valence-corrected chi connectivity index (χ3v) is 7.46. The number of aromatic nitrogens is 2. The normalized spacial score (nSPS) is 12.3. The second-order valence-electron chi connectivity index (χ2n) is 9.96. The van der Waals surface area contributed by atoms with Crippen LogP contribution in [0.25, 0.3) is 22.2 Å². The molecule has 0 unspecified atom stereocenters. The molecule has 4 rings (SSSR count). The van der Waals surface area contributed by atoms with Crippen LogP contribution in [0.15, 0.2) is 71.1 Å². The van der Waals surface area contributed by atoms with E-state index in [1.165, 1.54) is 5.56 Å². The van der Waals surface area contributed by atoms with E-state index < -0.39 is 0 Å². The van der Waals surface area contributed by atoms with Crippen LogP contribution in [0.1, 0.15) is 46.1 Å². The van der Waals surface area contributed by atoms with Crippen LogP contribution in [0.3, 0.4) is 0 Å². The van der Waals surface area contributed by atoms with E-state index >= 15 is 0 Å².